The first-order valence-electron chi connectivity index (χ1n) is 10.1. The second kappa shape index (κ2) is 9.01. The first-order chi connectivity index (χ1) is 15.4. The van der Waals surface area contributed by atoms with Gasteiger partial charge in [-0.25, -0.2) is 9.18 Å². The van der Waals surface area contributed by atoms with Gasteiger partial charge in [0.15, 0.2) is 0 Å². The van der Waals surface area contributed by atoms with E-state index in [1.165, 1.54) is 16.7 Å². The Morgan fingerprint density at radius 1 is 1.12 bits per heavy atom. The minimum absolute atomic E-state index is 0.0968. The molecule has 32 heavy (non-hydrogen) atoms. The molecule has 0 radical (unpaired) electrons. The fourth-order valence-electron chi connectivity index (χ4n) is 3.74. The highest BCUT2D eigenvalue weighted by Gasteiger charge is 2.27. The zero-order chi connectivity index (χ0) is 22.8. The average molecular weight is 454 g/mol. The number of hydrogen-bond donors (Lipinski definition) is 1. The lowest BCUT2D eigenvalue weighted by molar-refractivity contribution is 0.277. The van der Waals surface area contributed by atoms with Crippen LogP contribution in [0.5, 0.6) is 0 Å². The number of rotatable bonds is 6. The summed E-state index contributed by atoms with van der Waals surface area (Å²) in [5, 5.41) is 9.74. The Morgan fingerprint density at radius 3 is 2.56 bits per heavy atom. The normalized spacial score (nSPS) is 12.6. The zero-order valence-electron chi connectivity index (χ0n) is 17.4. The zero-order valence-corrected chi connectivity index (χ0v) is 18.1. The van der Waals surface area contributed by atoms with Crippen molar-refractivity contribution in [1.82, 2.24) is 9.13 Å². The molecule has 4 rings (SSSR count). The van der Waals surface area contributed by atoms with E-state index in [-0.39, 0.29) is 31.9 Å². The molecule has 0 bridgehead atoms. The van der Waals surface area contributed by atoms with E-state index in [0.717, 1.165) is 15.7 Å². The van der Waals surface area contributed by atoms with E-state index < -0.39 is 11.2 Å². The molecule has 0 atom stereocenters. The minimum Gasteiger partial charge on any atom is -0.396 e. The predicted molar refractivity (Wildman–Crippen MR) is 123 cm³/mol. The SMILES string of the molecule is Cn1c2c(c(=O)n(CCCO)c1=O)N(Cc1ccc(F)cc1)C(c1cccc(Cl)c1)=C=C2. The van der Waals surface area contributed by atoms with Gasteiger partial charge in [0.2, 0.25) is 0 Å². The molecule has 2 aromatic carbocycles. The fourth-order valence-corrected chi connectivity index (χ4v) is 3.93. The van der Waals surface area contributed by atoms with E-state index in [1.54, 1.807) is 48.4 Å². The number of nitrogens with zero attached hydrogens (tertiary/aromatic N) is 3. The van der Waals surface area contributed by atoms with Gasteiger partial charge in [-0.05, 0) is 36.2 Å². The number of fused-ring (bicyclic) bond motifs is 1. The highest BCUT2D eigenvalue weighted by molar-refractivity contribution is 6.30. The van der Waals surface area contributed by atoms with E-state index in [0.29, 0.717) is 22.1 Å². The van der Waals surface area contributed by atoms with Crippen molar-refractivity contribution in [2.24, 2.45) is 7.05 Å². The summed E-state index contributed by atoms with van der Waals surface area (Å²) in [6, 6.07) is 13.2. The second-order valence-corrected chi connectivity index (χ2v) is 7.91. The summed E-state index contributed by atoms with van der Waals surface area (Å²) in [5.41, 5.74) is 5.13. The number of aliphatic hydroxyl groups is 1. The standard InChI is InChI=1S/C24H21ClFN3O3/c1-27-21-11-10-20(17-4-2-5-18(25)14-17)29(15-16-6-8-19(26)9-7-16)22(21)23(31)28(24(27)32)12-3-13-30/h2,4-9,11,14,30H,3,12-13,15H2,1H3. The number of benzene rings is 2. The highest BCUT2D eigenvalue weighted by Crippen LogP contribution is 2.32. The maximum absolute atomic E-state index is 13.5. The molecule has 1 N–H and O–H groups in total. The van der Waals surface area contributed by atoms with Gasteiger partial charge in [-0.15, -0.1) is 0 Å². The lowest BCUT2D eigenvalue weighted by Crippen LogP contribution is -2.44. The van der Waals surface area contributed by atoms with E-state index >= 15 is 0 Å². The Hall–Kier alpha value is -3.38. The van der Waals surface area contributed by atoms with Crippen LogP contribution in [-0.4, -0.2) is 20.8 Å². The first-order valence-corrected chi connectivity index (χ1v) is 10.5. The van der Waals surface area contributed by atoms with E-state index in [2.05, 4.69) is 5.73 Å². The molecule has 0 aliphatic carbocycles. The Labute approximate surface area is 188 Å². The van der Waals surface area contributed by atoms with Crippen molar-refractivity contribution in [3.05, 3.63) is 103 Å². The molecule has 0 saturated heterocycles. The van der Waals surface area contributed by atoms with Crippen molar-refractivity contribution in [1.29, 1.82) is 0 Å². The summed E-state index contributed by atoms with van der Waals surface area (Å²) < 4.78 is 16.0. The molecule has 2 heterocycles. The average Bonchev–Trinajstić information content (AvgIpc) is 2.79. The van der Waals surface area contributed by atoms with Gasteiger partial charge in [0, 0.05) is 43.4 Å². The summed E-state index contributed by atoms with van der Waals surface area (Å²) in [4.78, 5) is 28.0. The summed E-state index contributed by atoms with van der Waals surface area (Å²) in [6.07, 6.45) is 1.89. The predicted octanol–water partition coefficient (Wildman–Crippen LogP) is 3.40. The highest BCUT2D eigenvalue weighted by atomic mass is 35.5. The quantitative estimate of drug-likeness (QED) is 0.581. The lowest BCUT2D eigenvalue weighted by Gasteiger charge is -2.30. The molecule has 0 fully saturated rings. The lowest BCUT2D eigenvalue weighted by atomic mass is 10.1. The second-order valence-electron chi connectivity index (χ2n) is 7.47. The van der Waals surface area contributed by atoms with Gasteiger partial charge in [0.1, 0.15) is 11.5 Å². The Morgan fingerprint density at radius 2 is 1.88 bits per heavy atom. The van der Waals surface area contributed by atoms with Crippen molar-refractivity contribution >= 4 is 29.1 Å². The smallest absolute Gasteiger partial charge is 0.331 e. The molecule has 0 spiro atoms. The minimum atomic E-state index is -0.465. The molecule has 6 nitrogen and oxygen atoms in total. The number of halogens is 2. The topological polar surface area (TPSA) is 67.5 Å². The van der Waals surface area contributed by atoms with Crippen LogP contribution in [0.2, 0.25) is 5.02 Å². The molecule has 1 aliphatic heterocycles. The van der Waals surface area contributed by atoms with Gasteiger partial charge in [0.05, 0.1) is 11.4 Å². The van der Waals surface area contributed by atoms with Crippen molar-refractivity contribution in [2.75, 3.05) is 11.5 Å². The maximum atomic E-state index is 13.5. The molecule has 0 unspecified atom stereocenters. The van der Waals surface area contributed by atoms with Crippen molar-refractivity contribution in [2.45, 2.75) is 19.5 Å². The van der Waals surface area contributed by atoms with Gasteiger partial charge in [-0.2, -0.15) is 0 Å². The van der Waals surface area contributed by atoms with Crippen LogP contribution in [0.15, 0.2) is 63.9 Å². The van der Waals surface area contributed by atoms with Crippen LogP contribution in [0, 0.1) is 5.82 Å². The van der Waals surface area contributed by atoms with E-state index in [9.17, 15) is 19.1 Å². The molecular formula is C24H21ClFN3O3. The van der Waals surface area contributed by atoms with Crippen LogP contribution in [0.4, 0.5) is 10.1 Å². The molecule has 0 saturated carbocycles. The van der Waals surface area contributed by atoms with E-state index in [4.69, 9.17) is 11.6 Å². The van der Waals surface area contributed by atoms with Gasteiger partial charge in [0.25, 0.3) is 5.56 Å². The van der Waals surface area contributed by atoms with Gasteiger partial charge in [-0.3, -0.25) is 13.9 Å². The molecule has 8 heteroatoms. The molecule has 1 aliphatic rings. The van der Waals surface area contributed by atoms with Crippen LogP contribution in [-0.2, 0) is 20.1 Å². The largest absolute Gasteiger partial charge is 0.396 e. The number of anilines is 1. The Balaban J connectivity index is 1.94. The Bertz CT molecular complexity index is 1350. The van der Waals surface area contributed by atoms with Gasteiger partial charge >= 0.3 is 5.69 Å². The van der Waals surface area contributed by atoms with Gasteiger partial charge < -0.3 is 10.0 Å². The molecule has 0 amide bonds. The van der Waals surface area contributed by atoms with Crippen LogP contribution < -0.4 is 16.1 Å². The van der Waals surface area contributed by atoms with Crippen molar-refractivity contribution in [3.8, 4) is 0 Å². The van der Waals surface area contributed by atoms with Crippen molar-refractivity contribution < 1.29 is 9.50 Å². The number of aliphatic hydroxyl groups excluding tert-OH is 1. The van der Waals surface area contributed by atoms with Crippen molar-refractivity contribution in [3.63, 3.8) is 0 Å². The monoisotopic (exact) mass is 453 g/mol. The summed E-state index contributed by atoms with van der Waals surface area (Å²) >= 11 is 6.20. The fraction of sp³-hybridized carbons (Fsp3) is 0.208. The molecular weight excluding hydrogens is 433 g/mol. The summed E-state index contributed by atoms with van der Waals surface area (Å²) in [7, 11) is 1.59. The number of hydrogen-bond acceptors (Lipinski definition) is 4. The maximum Gasteiger partial charge on any atom is 0.331 e. The molecule has 1 aromatic heterocycles. The van der Waals surface area contributed by atoms with Crippen LogP contribution in [0.25, 0.3) is 11.8 Å². The summed E-state index contributed by atoms with van der Waals surface area (Å²) in [5.74, 6) is -0.355. The number of aromatic nitrogens is 2. The Kier molecular flexibility index (Phi) is 6.15. The first kappa shape index (κ1) is 21.8. The third-order valence-corrected chi connectivity index (χ3v) is 5.58. The van der Waals surface area contributed by atoms with Crippen LogP contribution in [0.3, 0.4) is 0 Å². The molecule has 3 aromatic rings. The third-order valence-electron chi connectivity index (χ3n) is 5.35. The summed E-state index contributed by atoms with van der Waals surface area (Å²) in [6.45, 7) is 0.211. The third kappa shape index (κ3) is 4.06. The molecule has 164 valence electrons. The van der Waals surface area contributed by atoms with Crippen LogP contribution in [0.1, 0.15) is 23.2 Å². The van der Waals surface area contributed by atoms with Crippen LogP contribution >= 0.6 is 11.6 Å². The van der Waals surface area contributed by atoms with E-state index in [1.807, 2.05) is 6.07 Å². The van der Waals surface area contributed by atoms with Gasteiger partial charge in [-0.1, -0.05) is 41.6 Å².